The summed E-state index contributed by atoms with van der Waals surface area (Å²) in [5, 5.41) is 11.7. The van der Waals surface area contributed by atoms with Crippen molar-refractivity contribution in [3.8, 4) is 0 Å². The Balaban J connectivity index is 2.44. The number of nitrogens with zero attached hydrogens (tertiary/aromatic N) is 1. The van der Waals surface area contributed by atoms with E-state index in [2.05, 4.69) is 24.1 Å². The molecule has 0 spiro atoms. The highest BCUT2D eigenvalue weighted by Gasteiger charge is 2.08. The number of benzene rings is 1. The van der Waals surface area contributed by atoms with Crippen molar-refractivity contribution < 1.29 is 14.7 Å². The summed E-state index contributed by atoms with van der Waals surface area (Å²) in [6.45, 7) is 7.80. The Morgan fingerprint density at radius 2 is 1.52 bits per heavy atom. The number of hydrogen-bond donors (Lipinski definition) is 2. The molecule has 1 amide bonds. The van der Waals surface area contributed by atoms with Crippen molar-refractivity contribution in [2.24, 2.45) is 0 Å². The minimum Gasteiger partial charge on any atom is -0.478 e. The van der Waals surface area contributed by atoms with Crippen LogP contribution in [0.1, 0.15) is 47.4 Å². The van der Waals surface area contributed by atoms with Gasteiger partial charge in [0.05, 0.1) is 5.56 Å². The maximum Gasteiger partial charge on any atom is 0.335 e. The van der Waals surface area contributed by atoms with Crippen LogP contribution in [0.4, 0.5) is 0 Å². The molecule has 2 N–H and O–H groups in total. The molecule has 0 radical (unpaired) electrons. The summed E-state index contributed by atoms with van der Waals surface area (Å²) in [5.41, 5.74) is 0.668. The van der Waals surface area contributed by atoms with Crippen molar-refractivity contribution in [2.75, 3.05) is 26.2 Å². The number of amides is 1. The lowest BCUT2D eigenvalue weighted by molar-refractivity contribution is 0.0696. The number of hydrogen-bond acceptors (Lipinski definition) is 3. The zero-order valence-electron chi connectivity index (χ0n) is 12.8. The number of carbonyl (C=O) groups excluding carboxylic acids is 1. The lowest BCUT2D eigenvalue weighted by Gasteiger charge is -2.20. The average molecular weight is 292 g/mol. The van der Waals surface area contributed by atoms with Gasteiger partial charge in [-0.25, -0.2) is 4.79 Å². The summed E-state index contributed by atoms with van der Waals surface area (Å²) < 4.78 is 0. The summed E-state index contributed by atoms with van der Waals surface area (Å²) in [6.07, 6.45) is 2.20. The fourth-order valence-corrected chi connectivity index (χ4v) is 2.16. The molecular formula is C16H24N2O3. The van der Waals surface area contributed by atoms with Gasteiger partial charge in [0.1, 0.15) is 0 Å². The third-order valence-corrected chi connectivity index (χ3v) is 3.19. The molecule has 1 rings (SSSR count). The monoisotopic (exact) mass is 292 g/mol. The van der Waals surface area contributed by atoms with Gasteiger partial charge in [0.25, 0.3) is 5.91 Å². The van der Waals surface area contributed by atoms with E-state index >= 15 is 0 Å². The molecule has 0 saturated heterocycles. The average Bonchev–Trinajstić information content (AvgIpc) is 2.47. The van der Waals surface area contributed by atoms with E-state index in [1.54, 1.807) is 0 Å². The Morgan fingerprint density at radius 1 is 1.00 bits per heavy atom. The van der Waals surface area contributed by atoms with Gasteiger partial charge in [-0.15, -0.1) is 0 Å². The van der Waals surface area contributed by atoms with Crippen molar-refractivity contribution >= 4 is 11.9 Å². The molecule has 0 saturated carbocycles. The second-order valence-electron chi connectivity index (χ2n) is 4.98. The second-order valence-corrected chi connectivity index (χ2v) is 4.98. The standard InChI is InChI=1S/C16H24N2O3/c1-3-10-18(11-4-2)12-9-17-15(19)13-5-7-14(8-6-13)16(20)21/h5-8H,3-4,9-12H2,1-2H3,(H,17,19)(H,20,21). The molecule has 0 heterocycles. The number of carboxylic acids is 1. The van der Waals surface area contributed by atoms with Gasteiger partial charge in [0, 0.05) is 18.7 Å². The Kier molecular flexibility index (Phi) is 7.46. The summed E-state index contributed by atoms with van der Waals surface area (Å²) in [6, 6.07) is 5.96. The fourth-order valence-electron chi connectivity index (χ4n) is 2.16. The molecule has 1 aromatic rings. The van der Waals surface area contributed by atoms with Crippen LogP contribution in [-0.2, 0) is 0 Å². The molecule has 116 valence electrons. The molecule has 1 aromatic carbocycles. The topological polar surface area (TPSA) is 69.6 Å². The van der Waals surface area contributed by atoms with Gasteiger partial charge in [-0.3, -0.25) is 4.79 Å². The molecule has 21 heavy (non-hydrogen) atoms. The lowest BCUT2D eigenvalue weighted by Crippen LogP contribution is -2.35. The highest BCUT2D eigenvalue weighted by molar-refractivity contribution is 5.95. The molecule has 0 aliphatic carbocycles. The minimum atomic E-state index is -0.989. The summed E-state index contributed by atoms with van der Waals surface area (Å²) >= 11 is 0. The van der Waals surface area contributed by atoms with Crippen LogP contribution in [0, 0.1) is 0 Å². The van der Waals surface area contributed by atoms with Gasteiger partial charge < -0.3 is 15.3 Å². The molecule has 0 aliphatic heterocycles. The van der Waals surface area contributed by atoms with Crippen LogP contribution in [0.25, 0.3) is 0 Å². The molecule has 0 aliphatic rings. The van der Waals surface area contributed by atoms with Gasteiger partial charge in [0.2, 0.25) is 0 Å². The van der Waals surface area contributed by atoms with E-state index in [0.29, 0.717) is 12.1 Å². The van der Waals surface area contributed by atoms with Gasteiger partial charge in [0.15, 0.2) is 0 Å². The molecule has 0 unspecified atom stereocenters. The largest absolute Gasteiger partial charge is 0.478 e. The fraction of sp³-hybridized carbons (Fsp3) is 0.500. The van der Waals surface area contributed by atoms with Crippen LogP contribution < -0.4 is 5.32 Å². The van der Waals surface area contributed by atoms with E-state index in [4.69, 9.17) is 5.11 Å². The van der Waals surface area contributed by atoms with Gasteiger partial charge >= 0.3 is 5.97 Å². The number of rotatable bonds is 9. The molecule has 0 bridgehead atoms. The lowest BCUT2D eigenvalue weighted by atomic mass is 10.1. The first-order chi connectivity index (χ1) is 10.1. The molecule has 0 aromatic heterocycles. The van der Waals surface area contributed by atoms with Crippen LogP contribution in [0.15, 0.2) is 24.3 Å². The van der Waals surface area contributed by atoms with E-state index in [-0.39, 0.29) is 11.5 Å². The van der Waals surface area contributed by atoms with E-state index in [1.165, 1.54) is 24.3 Å². The predicted molar refractivity (Wildman–Crippen MR) is 82.8 cm³/mol. The third-order valence-electron chi connectivity index (χ3n) is 3.19. The van der Waals surface area contributed by atoms with Gasteiger partial charge in [-0.05, 0) is 50.2 Å². The summed E-state index contributed by atoms with van der Waals surface area (Å²) in [4.78, 5) is 25.0. The highest BCUT2D eigenvalue weighted by Crippen LogP contribution is 2.04. The highest BCUT2D eigenvalue weighted by atomic mass is 16.4. The molecule has 5 heteroatoms. The van der Waals surface area contributed by atoms with E-state index in [1.807, 2.05) is 0 Å². The Labute approximate surface area is 126 Å². The van der Waals surface area contributed by atoms with Crippen molar-refractivity contribution in [3.05, 3.63) is 35.4 Å². The van der Waals surface area contributed by atoms with Crippen LogP contribution in [0.2, 0.25) is 0 Å². The SMILES string of the molecule is CCCN(CCC)CCNC(=O)c1ccc(C(=O)O)cc1. The molecular weight excluding hydrogens is 268 g/mol. The Bertz CT molecular complexity index is 451. The zero-order chi connectivity index (χ0) is 15.7. The first-order valence-electron chi connectivity index (χ1n) is 7.42. The normalized spacial score (nSPS) is 10.6. The van der Waals surface area contributed by atoms with Gasteiger partial charge in [-0.1, -0.05) is 13.8 Å². The number of carboxylic acid groups (broad SMARTS) is 1. The molecule has 5 nitrogen and oxygen atoms in total. The molecule has 0 fully saturated rings. The Morgan fingerprint density at radius 3 is 2.00 bits per heavy atom. The van der Waals surface area contributed by atoms with Crippen LogP contribution in [0.5, 0.6) is 0 Å². The summed E-state index contributed by atoms with van der Waals surface area (Å²) in [5.74, 6) is -1.16. The van der Waals surface area contributed by atoms with Crippen LogP contribution >= 0.6 is 0 Å². The zero-order valence-corrected chi connectivity index (χ0v) is 12.8. The maximum atomic E-state index is 11.9. The maximum absolute atomic E-state index is 11.9. The number of aromatic carboxylic acids is 1. The first kappa shape index (κ1) is 17.2. The van der Waals surface area contributed by atoms with Crippen molar-refractivity contribution in [3.63, 3.8) is 0 Å². The predicted octanol–water partition coefficient (Wildman–Crippen LogP) is 2.24. The van der Waals surface area contributed by atoms with Gasteiger partial charge in [-0.2, -0.15) is 0 Å². The van der Waals surface area contributed by atoms with E-state index < -0.39 is 5.97 Å². The molecule has 0 atom stereocenters. The number of nitrogens with one attached hydrogen (secondary N) is 1. The second kappa shape index (κ2) is 9.13. The number of carbonyl (C=O) groups is 2. The Hall–Kier alpha value is -1.88. The van der Waals surface area contributed by atoms with Crippen molar-refractivity contribution in [1.29, 1.82) is 0 Å². The van der Waals surface area contributed by atoms with E-state index in [0.717, 1.165) is 32.5 Å². The van der Waals surface area contributed by atoms with Crippen molar-refractivity contribution in [2.45, 2.75) is 26.7 Å². The van der Waals surface area contributed by atoms with Crippen molar-refractivity contribution in [1.82, 2.24) is 10.2 Å². The van der Waals surface area contributed by atoms with E-state index in [9.17, 15) is 9.59 Å². The van der Waals surface area contributed by atoms with Crippen LogP contribution in [0.3, 0.4) is 0 Å². The smallest absolute Gasteiger partial charge is 0.335 e. The van der Waals surface area contributed by atoms with Crippen LogP contribution in [-0.4, -0.2) is 48.1 Å². The third kappa shape index (κ3) is 5.95. The summed E-state index contributed by atoms with van der Waals surface area (Å²) in [7, 11) is 0. The minimum absolute atomic E-state index is 0.167. The first-order valence-corrected chi connectivity index (χ1v) is 7.42. The quantitative estimate of drug-likeness (QED) is 0.732.